The van der Waals surface area contributed by atoms with Crippen LogP contribution in [-0.2, 0) is 4.79 Å². The normalized spacial score (nSPS) is 38.4. The minimum absolute atomic E-state index is 0.198. The molecule has 1 aromatic carbocycles. The number of Topliss-reactive ketones (excluding diaryl/α,β-unsaturated/α-hetero) is 1. The summed E-state index contributed by atoms with van der Waals surface area (Å²) in [5.74, 6) is 2.96. The summed E-state index contributed by atoms with van der Waals surface area (Å²) in [5.41, 5.74) is 5.86. The van der Waals surface area contributed by atoms with Gasteiger partial charge in [-0.15, -0.1) is 0 Å². The van der Waals surface area contributed by atoms with Gasteiger partial charge in [0.1, 0.15) is 0 Å². The van der Waals surface area contributed by atoms with Crippen molar-refractivity contribution in [2.75, 3.05) is 0 Å². The Morgan fingerprint density at radius 2 is 1.50 bits per heavy atom. The molecule has 0 atom stereocenters. The third-order valence-electron chi connectivity index (χ3n) is 7.36. The van der Waals surface area contributed by atoms with Crippen LogP contribution in [0, 0.1) is 23.2 Å². The first-order valence-electron chi connectivity index (χ1n) is 9.50. The van der Waals surface area contributed by atoms with Crippen molar-refractivity contribution in [2.24, 2.45) is 23.2 Å². The van der Waals surface area contributed by atoms with Crippen molar-refractivity contribution in [3.05, 3.63) is 58.7 Å². The van der Waals surface area contributed by atoms with E-state index in [4.69, 9.17) is 0 Å². The van der Waals surface area contributed by atoms with Gasteiger partial charge in [-0.1, -0.05) is 36.4 Å². The van der Waals surface area contributed by atoms with E-state index in [0.717, 1.165) is 34.5 Å². The van der Waals surface area contributed by atoms with E-state index in [1.165, 1.54) is 49.7 Å². The number of carbonyl (C=O) groups excluding carboxylic acids is 1. The molecule has 0 heterocycles. The van der Waals surface area contributed by atoms with Gasteiger partial charge in [0.25, 0.3) is 0 Å². The molecular formula is C23H22O. The van der Waals surface area contributed by atoms with Gasteiger partial charge in [-0.25, -0.2) is 0 Å². The SMILES string of the molecule is O=C1C2=Cc3ccccc3C2=CC=C1C12CC3CC(CC(C3)C1)C2. The minimum Gasteiger partial charge on any atom is -0.289 e. The smallest absolute Gasteiger partial charge is 0.190 e. The average Bonchev–Trinajstić information content (AvgIpc) is 2.93. The standard InChI is InChI=1S/C23H22O/c24-22-20-10-17-3-1-2-4-18(17)19(20)5-6-21(22)23-11-14-7-15(12-23)9-16(8-14)13-23/h1-6,10,14-16H,7-9,11-13H2. The van der Waals surface area contributed by atoms with Crippen LogP contribution in [0.4, 0.5) is 0 Å². The van der Waals surface area contributed by atoms with Crippen LogP contribution in [0.5, 0.6) is 0 Å². The zero-order valence-electron chi connectivity index (χ0n) is 13.9. The average molecular weight is 314 g/mol. The Bertz CT molecular complexity index is 828. The molecule has 0 aromatic heterocycles. The third kappa shape index (κ3) is 1.63. The molecule has 0 spiro atoms. The molecule has 120 valence electrons. The first-order chi connectivity index (χ1) is 11.7. The van der Waals surface area contributed by atoms with Gasteiger partial charge in [-0.05, 0) is 84.5 Å². The molecule has 4 saturated carbocycles. The molecule has 4 bridgehead atoms. The van der Waals surface area contributed by atoms with Crippen LogP contribution in [-0.4, -0.2) is 5.78 Å². The van der Waals surface area contributed by atoms with Gasteiger partial charge < -0.3 is 0 Å². The molecule has 24 heavy (non-hydrogen) atoms. The first kappa shape index (κ1) is 13.4. The highest BCUT2D eigenvalue weighted by molar-refractivity contribution is 6.26. The second kappa shape index (κ2) is 4.39. The number of fused-ring (bicyclic) bond motifs is 3. The zero-order valence-corrected chi connectivity index (χ0v) is 13.9. The zero-order chi connectivity index (χ0) is 15.9. The summed E-state index contributed by atoms with van der Waals surface area (Å²) in [7, 11) is 0. The van der Waals surface area contributed by atoms with Crippen molar-refractivity contribution in [3.8, 4) is 0 Å². The lowest BCUT2D eigenvalue weighted by Crippen LogP contribution is -2.48. The fourth-order valence-corrected chi connectivity index (χ4v) is 6.86. The van der Waals surface area contributed by atoms with E-state index in [-0.39, 0.29) is 5.41 Å². The molecule has 0 saturated heterocycles. The van der Waals surface area contributed by atoms with Gasteiger partial charge in [-0.3, -0.25) is 4.79 Å². The highest BCUT2D eigenvalue weighted by Gasteiger charge is 2.54. The molecule has 1 heteroatoms. The number of ketones is 1. The fourth-order valence-electron chi connectivity index (χ4n) is 6.86. The van der Waals surface area contributed by atoms with Gasteiger partial charge in [-0.2, -0.15) is 0 Å². The molecule has 6 aliphatic carbocycles. The maximum absolute atomic E-state index is 13.4. The number of allylic oxidation sites excluding steroid dienone is 5. The van der Waals surface area contributed by atoms with Crippen LogP contribution in [0.25, 0.3) is 11.6 Å². The Kier molecular flexibility index (Phi) is 2.45. The Hall–Kier alpha value is -1.89. The maximum atomic E-state index is 13.4. The molecule has 7 rings (SSSR count). The van der Waals surface area contributed by atoms with Gasteiger partial charge in [0, 0.05) is 11.1 Å². The van der Waals surface area contributed by atoms with Crippen molar-refractivity contribution < 1.29 is 4.79 Å². The van der Waals surface area contributed by atoms with Crippen molar-refractivity contribution in [3.63, 3.8) is 0 Å². The number of hydrogen-bond donors (Lipinski definition) is 0. The molecule has 0 radical (unpaired) electrons. The Morgan fingerprint density at radius 1 is 0.833 bits per heavy atom. The molecule has 0 N–H and O–H groups in total. The van der Waals surface area contributed by atoms with Gasteiger partial charge in [0.2, 0.25) is 0 Å². The summed E-state index contributed by atoms with van der Waals surface area (Å²) in [6, 6.07) is 8.39. The lowest BCUT2D eigenvalue weighted by molar-refractivity contribution is -0.115. The topological polar surface area (TPSA) is 17.1 Å². The molecule has 0 amide bonds. The van der Waals surface area contributed by atoms with Crippen LogP contribution in [0.2, 0.25) is 0 Å². The summed E-state index contributed by atoms with van der Waals surface area (Å²) >= 11 is 0. The van der Waals surface area contributed by atoms with Crippen molar-refractivity contribution in [1.82, 2.24) is 0 Å². The Labute approximate surface area is 143 Å². The van der Waals surface area contributed by atoms with E-state index in [0.29, 0.717) is 5.78 Å². The van der Waals surface area contributed by atoms with Gasteiger partial charge >= 0.3 is 0 Å². The van der Waals surface area contributed by atoms with Crippen molar-refractivity contribution in [2.45, 2.75) is 38.5 Å². The van der Waals surface area contributed by atoms with Gasteiger partial charge in [0.05, 0.1) is 0 Å². The van der Waals surface area contributed by atoms with E-state index in [9.17, 15) is 4.79 Å². The predicted octanol–water partition coefficient (Wildman–Crippen LogP) is 5.19. The van der Waals surface area contributed by atoms with E-state index in [2.05, 4.69) is 42.5 Å². The second-order valence-electron chi connectivity index (χ2n) is 8.83. The summed E-state index contributed by atoms with van der Waals surface area (Å²) in [5, 5.41) is 0. The van der Waals surface area contributed by atoms with E-state index in [1.54, 1.807) is 0 Å². The molecule has 0 unspecified atom stereocenters. The molecule has 1 nitrogen and oxygen atoms in total. The van der Waals surface area contributed by atoms with E-state index >= 15 is 0 Å². The van der Waals surface area contributed by atoms with Crippen LogP contribution in [0.15, 0.2) is 47.6 Å². The quantitative estimate of drug-likeness (QED) is 0.697. The molecule has 0 aliphatic heterocycles. The van der Waals surface area contributed by atoms with Crippen LogP contribution in [0.3, 0.4) is 0 Å². The first-order valence-corrected chi connectivity index (χ1v) is 9.50. The lowest BCUT2D eigenvalue weighted by atomic mass is 9.47. The summed E-state index contributed by atoms with van der Waals surface area (Å²) in [6.07, 6.45) is 14.6. The van der Waals surface area contributed by atoms with E-state index < -0.39 is 0 Å². The second-order valence-corrected chi connectivity index (χ2v) is 8.83. The molecule has 4 fully saturated rings. The lowest BCUT2D eigenvalue weighted by Gasteiger charge is -2.57. The Morgan fingerprint density at radius 3 is 2.21 bits per heavy atom. The summed E-state index contributed by atoms with van der Waals surface area (Å²) in [6.45, 7) is 0. The summed E-state index contributed by atoms with van der Waals surface area (Å²) in [4.78, 5) is 13.4. The van der Waals surface area contributed by atoms with Crippen LogP contribution in [0.1, 0.15) is 49.7 Å². The highest BCUT2D eigenvalue weighted by atomic mass is 16.1. The molecule has 1 aromatic rings. The number of benzene rings is 1. The predicted molar refractivity (Wildman–Crippen MR) is 96.1 cm³/mol. The largest absolute Gasteiger partial charge is 0.289 e. The number of carbonyl (C=O) groups is 1. The monoisotopic (exact) mass is 314 g/mol. The van der Waals surface area contributed by atoms with Crippen molar-refractivity contribution >= 4 is 17.4 Å². The maximum Gasteiger partial charge on any atom is 0.190 e. The Balaban J connectivity index is 1.45. The number of rotatable bonds is 1. The summed E-state index contributed by atoms with van der Waals surface area (Å²) < 4.78 is 0. The van der Waals surface area contributed by atoms with E-state index in [1.807, 2.05) is 0 Å². The fraction of sp³-hybridized carbons (Fsp3) is 0.435. The van der Waals surface area contributed by atoms with Crippen molar-refractivity contribution in [1.29, 1.82) is 0 Å². The highest BCUT2D eigenvalue weighted by Crippen LogP contribution is 2.63. The number of hydrogen-bond acceptors (Lipinski definition) is 1. The molecule has 6 aliphatic rings. The molecular weight excluding hydrogens is 292 g/mol. The van der Waals surface area contributed by atoms with Crippen LogP contribution < -0.4 is 0 Å². The third-order valence-corrected chi connectivity index (χ3v) is 7.36. The minimum atomic E-state index is 0.198. The van der Waals surface area contributed by atoms with Gasteiger partial charge in [0.15, 0.2) is 5.78 Å². The van der Waals surface area contributed by atoms with Crippen LogP contribution >= 0.6 is 0 Å².